The second-order valence-corrected chi connectivity index (χ2v) is 6.05. The number of rotatable bonds is 4. The second-order valence-electron chi connectivity index (χ2n) is 6.05. The van der Waals surface area contributed by atoms with Crippen molar-refractivity contribution >= 4 is 0 Å². The van der Waals surface area contributed by atoms with Gasteiger partial charge >= 0.3 is 0 Å². The lowest BCUT2D eigenvalue weighted by molar-refractivity contribution is -0.00226. The van der Waals surface area contributed by atoms with Gasteiger partial charge in [-0.05, 0) is 33.3 Å². The van der Waals surface area contributed by atoms with E-state index < -0.39 is 0 Å². The van der Waals surface area contributed by atoms with Crippen molar-refractivity contribution in [1.82, 2.24) is 15.1 Å². The lowest BCUT2D eigenvalue weighted by Gasteiger charge is -2.45. The van der Waals surface area contributed by atoms with Crippen molar-refractivity contribution in [3.63, 3.8) is 0 Å². The van der Waals surface area contributed by atoms with Crippen molar-refractivity contribution in [2.45, 2.75) is 39.3 Å². The molecule has 19 heavy (non-hydrogen) atoms. The summed E-state index contributed by atoms with van der Waals surface area (Å²) in [5, 5.41) is 3.43. The Morgan fingerprint density at radius 2 is 1.95 bits per heavy atom. The van der Waals surface area contributed by atoms with E-state index >= 15 is 0 Å². The van der Waals surface area contributed by atoms with Crippen LogP contribution in [0.4, 0.5) is 0 Å². The van der Waals surface area contributed by atoms with Crippen LogP contribution in [0.3, 0.4) is 0 Å². The van der Waals surface area contributed by atoms with Crippen LogP contribution < -0.4 is 5.32 Å². The van der Waals surface area contributed by atoms with E-state index in [0.717, 1.165) is 46.1 Å². The molecule has 2 saturated heterocycles. The molecule has 0 radical (unpaired) electrons. The van der Waals surface area contributed by atoms with Crippen LogP contribution in [0.1, 0.15) is 27.7 Å². The number of hydrogen-bond donors (Lipinski definition) is 1. The summed E-state index contributed by atoms with van der Waals surface area (Å²) >= 11 is 0. The summed E-state index contributed by atoms with van der Waals surface area (Å²) in [6.07, 6.45) is 2.32. The van der Waals surface area contributed by atoms with Crippen molar-refractivity contribution in [2.75, 3.05) is 46.1 Å². The average Bonchev–Trinajstić information content (AvgIpc) is 2.94. The van der Waals surface area contributed by atoms with Crippen LogP contribution in [0.2, 0.25) is 0 Å². The fourth-order valence-corrected chi connectivity index (χ4v) is 3.46. The van der Waals surface area contributed by atoms with Gasteiger partial charge < -0.3 is 10.1 Å². The van der Waals surface area contributed by atoms with Crippen LogP contribution in [0.25, 0.3) is 0 Å². The highest BCUT2D eigenvalue weighted by Gasteiger charge is 2.36. The van der Waals surface area contributed by atoms with Crippen LogP contribution in [0.15, 0.2) is 11.6 Å². The first-order chi connectivity index (χ1) is 9.07. The van der Waals surface area contributed by atoms with E-state index in [0.29, 0.717) is 6.04 Å². The molecule has 110 valence electrons. The Kier molecular flexibility index (Phi) is 5.01. The monoisotopic (exact) mass is 267 g/mol. The van der Waals surface area contributed by atoms with E-state index in [9.17, 15) is 0 Å². The summed E-state index contributed by atoms with van der Waals surface area (Å²) in [7, 11) is 0. The minimum Gasteiger partial charge on any atom is -0.379 e. The van der Waals surface area contributed by atoms with Gasteiger partial charge in [0, 0.05) is 44.4 Å². The molecule has 1 N–H and O–H groups in total. The van der Waals surface area contributed by atoms with Gasteiger partial charge in [0.15, 0.2) is 0 Å². The smallest absolute Gasteiger partial charge is 0.0594 e. The lowest BCUT2D eigenvalue weighted by Crippen LogP contribution is -2.54. The van der Waals surface area contributed by atoms with E-state index in [1.54, 1.807) is 0 Å². The van der Waals surface area contributed by atoms with E-state index in [4.69, 9.17) is 4.74 Å². The number of nitrogens with zero attached hydrogens (tertiary/aromatic N) is 2. The molecule has 0 bridgehead atoms. The molecule has 0 aromatic rings. The molecule has 4 nitrogen and oxygen atoms in total. The van der Waals surface area contributed by atoms with E-state index in [-0.39, 0.29) is 5.54 Å². The first kappa shape index (κ1) is 15.0. The lowest BCUT2D eigenvalue weighted by atomic mass is 9.86. The minimum absolute atomic E-state index is 0.112. The summed E-state index contributed by atoms with van der Waals surface area (Å²) in [5.41, 5.74) is 1.64. The maximum atomic E-state index is 5.49. The Morgan fingerprint density at radius 1 is 1.26 bits per heavy atom. The van der Waals surface area contributed by atoms with E-state index in [2.05, 4.69) is 48.9 Å². The summed E-state index contributed by atoms with van der Waals surface area (Å²) in [4.78, 5) is 5.09. The number of allylic oxidation sites excluding steroid dienone is 1. The van der Waals surface area contributed by atoms with Gasteiger partial charge in [0.1, 0.15) is 0 Å². The Morgan fingerprint density at radius 3 is 2.47 bits per heavy atom. The van der Waals surface area contributed by atoms with Crippen LogP contribution in [0.5, 0.6) is 0 Å². The molecule has 2 rings (SSSR count). The van der Waals surface area contributed by atoms with Gasteiger partial charge in [-0.1, -0.05) is 6.08 Å². The minimum atomic E-state index is 0.112. The fourth-order valence-electron chi connectivity index (χ4n) is 3.46. The zero-order valence-corrected chi connectivity index (χ0v) is 12.9. The van der Waals surface area contributed by atoms with Crippen molar-refractivity contribution in [3.05, 3.63) is 11.6 Å². The predicted octanol–water partition coefficient (Wildman–Crippen LogP) is 1.29. The molecule has 0 spiro atoms. The Bertz CT molecular complexity index is 315. The van der Waals surface area contributed by atoms with Crippen molar-refractivity contribution < 1.29 is 4.74 Å². The van der Waals surface area contributed by atoms with Gasteiger partial charge in [-0.25, -0.2) is 0 Å². The molecule has 0 aromatic heterocycles. The molecular formula is C15H29N3O. The summed E-state index contributed by atoms with van der Waals surface area (Å²) in [6, 6.07) is 0.498. The summed E-state index contributed by atoms with van der Waals surface area (Å²) in [6.45, 7) is 16.3. The molecule has 0 amide bonds. The highest BCUT2D eigenvalue weighted by molar-refractivity contribution is 5.23. The zero-order valence-electron chi connectivity index (χ0n) is 12.9. The van der Waals surface area contributed by atoms with Crippen LogP contribution in [-0.2, 0) is 4.74 Å². The Balaban J connectivity index is 2.10. The third kappa shape index (κ3) is 3.19. The molecule has 2 fully saturated rings. The maximum Gasteiger partial charge on any atom is 0.0594 e. The number of ether oxygens (including phenoxy) is 1. The summed E-state index contributed by atoms with van der Waals surface area (Å²) in [5.74, 6) is 0. The number of nitrogens with one attached hydrogen (secondary N) is 1. The van der Waals surface area contributed by atoms with E-state index in [1.807, 2.05) is 0 Å². The second kappa shape index (κ2) is 6.35. The summed E-state index contributed by atoms with van der Waals surface area (Å²) < 4.78 is 5.49. The van der Waals surface area contributed by atoms with Crippen molar-refractivity contribution in [3.8, 4) is 0 Å². The molecule has 1 unspecified atom stereocenters. The largest absolute Gasteiger partial charge is 0.379 e. The van der Waals surface area contributed by atoms with E-state index in [1.165, 1.54) is 5.57 Å². The van der Waals surface area contributed by atoms with Gasteiger partial charge in [-0.15, -0.1) is 0 Å². The zero-order chi connectivity index (χ0) is 13.9. The quantitative estimate of drug-likeness (QED) is 0.777. The fraction of sp³-hybridized carbons (Fsp3) is 0.867. The van der Waals surface area contributed by atoms with Gasteiger partial charge in [0.25, 0.3) is 0 Å². The molecule has 0 saturated carbocycles. The standard InChI is InChI=1S/C15H29N3O/c1-5-14(13(2)17-7-6-16-12-17)15(3,4)18-8-10-19-11-9-18/h5,13,16H,6-12H2,1-4H3/b14-5+. The van der Waals surface area contributed by atoms with Gasteiger partial charge in [-0.3, -0.25) is 9.80 Å². The van der Waals surface area contributed by atoms with Crippen LogP contribution in [-0.4, -0.2) is 67.4 Å². The molecular weight excluding hydrogens is 238 g/mol. The molecule has 2 heterocycles. The molecule has 2 aliphatic heterocycles. The molecule has 4 heteroatoms. The van der Waals surface area contributed by atoms with Crippen LogP contribution in [0, 0.1) is 0 Å². The van der Waals surface area contributed by atoms with Crippen molar-refractivity contribution in [1.29, 1.82) is 0 Å². The first-order valence-electron chi connectivity index (χ1n) is 7.51. The highest BCUT2D eigenvalue weighted by Crippen LogP contribution is 2.30. The number of morpholine rings is 1. The third-order valence-electron chi connectivity index (χ3n) is 4.71. The molecule has 0 aliphatic carbocycles. The van der Waals surface area contributed by atoms with Gasteiger partial charge in [0.05, 0.1) is 13.2 Å². The molecule has 0 aromatic carbocycles. The first-order valence-corrected chi connectivity index (χ1v) is 7.51. The van der Waals surface area contributed by atoms with Crippen molar-refractivity contribution in [2.24, 2.45) is 0 Å². The van der Waals surface area contributed by atoms with Crippen LogP contribution >= 0.6 is 0 Å². The third-order valence-corrected chi connectivity index (χ3v) is 4.71. The maximum absolute atomic E-state index is 5.49. The Labute approximate surface area is 117 Å². The SMILES string of the molecule is C/C=C(\C(C)N1CCNC1)C(C)(C)N1CCOCC1. The number of hydrogen-bond acceptors (Lipinski definition) is 4. The van der Waals surface area contributed by atoms with Gasteiger partial charge in [0.2, 0.25) is 0 Å². The predicted molar refractivity (Wildman–Crippen MR) is 79.3 cm³/mol. The molecule has 2 aliphatic rings. The average molecular weight is 267 g/mol. The highest BCUT2D eigenvalue weighted by atomic mass is 16.5. The Hall–Kier alpha value is -0.420. The normalized spacial score (nSPS) is 25.8. The molecule has 1 atom stereocenters. The van der Waals surface area contributed by atoms with Gasteiger partial charge in [-0.2, -0.15) is 0 Å². The topological polar surface area (TPSA) is 27.7 Å².